The highest BCUT2D eigenvalue weighted by Gasteiger charge is 2.26. The molecule has 1 heterocycles. The van der Waals surface area contributed by atoms with Gasteiger partial charge >= 0.3 is 0 Å². The van der Waals surface area contributed by atoms with Gasteiger partial charge in [0.1, 0.15) is 17.7 Å². The fourth-order valence-corrected chi connectivity index (χ4v) is 3.18. The Morgan fingerprint density at radius 1 is 1.04 bits per heavy atom. The Morgan fingerprint density at radius 2 is 1.68 bits per heavy atom. The highest BCUT2D eigenvalue weighted by Crippen LogP contribution is 2.25. The summed E-state index contributed by atoms with van der Waals surface area (Å²) in [5.41, 5.74) is 0.268. The molecule has 1 fully saturated rings. The summed E-state index contributed by atoms with van der Waals surface area (Å²) >= 11 is 3.26. The van der Waals surface area contributed by atoms with Crippen LogP contribution in [0, 0.1) is 17.5 Å². The number of nitrogens with zero attached hydrogens (tertiary/aromatic N) is 1. The van der Waals surface area contributed by atoms with Gasteiger partial charge in [-0.1, -0.05) is 0 Å². The fourth-order valence-electron chi connectivity index (χ4n) is 2.76. The maximum absolute atomic E-state index is 13.6. The number of hydrogen-bond donors (Lipinski definition) is 0. The van der Waals surface area contributed by atoms with E-state index in [2.05, 4.69) is 15.9 Å². The third kappa shape index (κ3) is 4.15. The summed E-state index contributed by atoms with van der Waals surface area (Å²) in [6, 6.07) is 7.14. The topological polar surface area (TPSA) is 29.5 Å². The summed E-state index contributed by atoms with van der Waals surface area (Å²) in [6.07, 6.45) is 0.755. The molecule has 1 aliphatic rings. The van der Waals surface area contributed by atoms with E-state index in [1.807, 2.05) is 0 Å². The molecule has 0 atom stereocenters. The second-order valence-corrected chi connectivity index (χ2v) is 6.66. The Bertz CT molecular complexity index is 792. The van der Waals surface area contributed by atoms with Crippen molar-refractivity contribution in [3.05, 3.63) is 63.9 Å². The molecule has 0 unspecified atom stereocenters. The number of carbonyl (C=O) groups is 1. The molecule has 3 rings (SSSR count). The van der Waals surface area contributed by atoms with Gasteiger partial charge in [0.15, 0.2) is 11.6 Å². The highest BCUT2D eigenvalue weighted by molar-refractivity contribution is 9.10. The van der Waals surface area contributed by atoms with Crippen LogP contribution in [-0.4, -0.2) is 30.0 Å². The summed E-state index contributed by atoms with van der Waals surface area (Å²) in [6.45, 7) is 0.824. The van der Waals surface area contributed by atoms with Gasteiger partial charge in [-0.05, 0) is 46.3 Å². The van der Waals surface area contributed by atoms with E-state index in [0.717, 1.165) is 12.1 Å². The first-order chi connectivity index (χ1) is 11.9. The molecule has 0 aliphatic carbocycles. The van der Waals surface area contributed by atoms with Crippen LogP contribution in [0.1, 0.15) is 23.2 Å². The Balaban J connectivity index is 1.61. The fraction of sp³-hybridized carbons (Fsp3) is 0.278. The first kappa shape index (κ1) is 17.8. The summed E-state index contributed by atoms with van der Waals surface area (Å²) in [5, 5.41) is 0. The molecule has 2 aromatic rings. The minimum Gasteiger partial charge on any atom is -0.487 e. The first-order valence-corrected chi connectivity index (χ1v) is 8.59. The Kier molecular flexibility index (Phi) is 5.32. The van der Waals surface area contributed by atoms with Crippen LogP contribution in [0.5, 0.6) is 5.75 Å². The zero-order valence-electron chi connectivity index (χ0n) is 13.1. The second-order valence-electron chi connectivity index (χ2n) is 5.81. The average molecular weight is 414 g/mol. The zero-order chi connectivity index (χ0) is 18.0. The molecule has 25 heavy (non-hydrogen) atoms. The van der Waals surface area contributed by atoms with Crippen molar-refractivity contribution in [1.29, 1.82) is 0 Å². The van der Waals surface area contributed by atoms with Crippen LogP contribution in [0.2, 0.25) is 0 Å². The highest BCUT2D eigenvalue weighted by atomic mass is 79.9. The minimum atomic E-state index is -0.748. The number of hydrogen-bond acceptors (Lipinski definition) is 2. The third-order valence-corrected chi connectivity index (χ3v) is 4.77. The number of halogens is 4. The Morgan fingerprint density at radius 3 is 2.36 bits per heavy atom. The lowest BCUT2D eigenvalue weighted by Gasteiger charge is -2.32. The van der Waals surface area contributed by atoms with Gasteiger partial charge in [0.2, 0.25) is 0 Å². The van der Waals surface area contributed by atoms with Gasteiger partial charge in [0.25, 0.3) is 5.91 Å². The molecular formula is C18H15BrF3NO2. The van der Waals surface area contributed by atoms with E-state index in [-0.39, 0.29) is 23.3 Å². The predicted molar refractivity (Wildman–Crippen MR) is 90.0 cm³/mol. The first-order valence-electron chi connectivity index (χ1n) is 7.80. The number of piperidine rings is 1. The summed E-state index contributed by atoms with van der Waals surface area (Å²) in [5.74, 6) is -2.15. The number of rotatable bonds is 3. The van der Waals surface area contributed by atoms with E-state index in [0.29, 0.717) is 30.4 Å². The molecule has 3 nitrogen and oxygen atoms in total. The van der Waals surface area contributed by atoms with Crippen LogP contribution in [0.3, 0.4) is 0 Å². The number of ether oxygens (including phenoxy) is 1. The summed E-state index contributed by atoms with van der Waals surface area (Å²) in [7, 11) is 0. The SMILES string of the molecule is O=C(c1cc(F)ccc1Br)N1CCC(Oc2ccc(F)cc2F)CC1. The van der Waals surface area contributed by atoms with E-state index in [4.69, 9.17) is 4.74 Å². The van der Waals surface area contributed by atoms with Gasteiger partial charge in [-0.3, -0.25) is 4.79 Å². The minimum absolute atomic E-state index is 0.000878. The van der Waals surface area contributed by atoms with E-state index in [1.165, 1.54) is 24.3 Å². The lowest BCUT2D eigenvalue weighted by molar-refractivity contribution is 0.0587. The van der Waals surface area contributed by atoms with Crippen molar-refractivity contribution in [2.45, 2.75) is 18.9 Å². The molecule has 0 saturated carbocycles. The van der Waals surface area contributed by atoms with Crippen LogP contribution < -0.4 is 4.74 Å². The van der Waals surface area contributed by atoms with Crippen molar-refractivity contribution in [3.8, 4) is 5.75 Å². The van der Waals surface area contributed by atoms with Gasteiger partial charge < -0.3 is 9.64 Å². The third-order valence-electron chi connectivity index (χ3n) is 4.08. The van der Waals surface area contributed by atoms with Crippen molar-refractivity contribution in [1.82, 2.24) is 4.90 Å². The van der Waals surface area contributed by atoms with E-state index < -0.39 is 17.5 Å². The number of likely N-dealkylation sites (tertiary alicyclic amines) is 1. The number of amides is 1. The predicted octanol–water partition coefficient (Wildman–Crippen LogP) is 4.55. The van der Waals surface area contributed by atoms with Gasteiger partial charge in [-0.2, -0.15) is 0 Å². The molecule has 0 spiro atoms. The molecule has 7 heteroatoms. The van der Waals surface area contributed by atoms with Crippen LogP contribution in [0.25, 0.3) is 0 Å². The molecule has 1 saturated heterocycles. The average Bonchev–Trinajstić information content (AvgIpc) is 2.59. The zero-order valence-corrected chi connectivity index (χ0v) is 14.7. The standard InChI is InChI=1S/C18H15BrF3NO2/c19-15-3-1-11(20)9-14(15)18(24)23-7-5-13(6-8-23)25-17-4-2-12(21)10-16(17)22/h1-4,9-10,13H,5-8H2. The van der Waals surface area contributed by atoms with Crippen LogP contribution in [-0.2, 0) is 0 Å². The maximum atomic E-state index is 13.6. The van der Waals surface area contributed by atoms with Crippen molar-refractivity contribution in [2.75, 3.05) is 13.1 Å². The van der Waals surface area contributed by atoms with Crippen molar-refractivity contribution < 1.29 is 22.7 Å². The molecule has 0 aromatic heterocycles. The van der Waals surface area contributed by atoms with Gasteiger partial charge in [0.05, 0.1) is 5.56 Å². The number of carbonyl (C=O) groups excluding carboxylic acids is 1. The van der Waals surface area contributed by atoms with Crippen molar-refractivity contribution in [2.24, 2.45) is 0 Å². The van der Waals surface area contributed by atoms with Crippen LogP contribution in [0.15, 0.2) is 40.9 Å². The molecule has 1 amide bonds. The van der Waals surface area contributed by atoms with E-state index in [9.17, 15) is 18.0 Å². The van der Waals surface area contributed by atoms with Gasteiger partial charge in [-0.25, -0.2) is 13.2 Å². The van der Waals surface area contributed by atoms with Gasteiger partial charge in [0, 0.05) is 36.5 Å². The maximum Gasteiger partial charge on any atom is 0.255 e. The summed E-state index contributed by atoms with van der Waals surface area (Å²) in [4.78, 5) is 14.1. The molecular weight excluding hydrogens is 399 g/mol. The van der Waals surface area contributed by atoms with Crippen LogP contribution in [0.4, 0.5) is 13.2 Å². The monoisotopic (exact) mass is 413 g/mol. The smallest absolute Gasteiger partial charge is 0.255 e. The molecule has 0 bridgehead atoms. The Hall–Kier alpha value is -2.02. The van der Waals surface area contributed by atoms with Crippen molar-refractivity contribution in [3.63, 3.8) is 0 Å². The second kappa shape index (κ2) is 7.47. The molecule has 0 radical (unpaired) electrons. The van der Waals surface area contributed by atoms with Crippen molar-refractivity contribution >= 4 is 21.8 Å². The lowest BCUT2D eigenvalue weighted by atomic mass is 10.1. The van der Waals surface area contributed by atoms with E-state index in [1.54, 1.807) is 4.90 Å². The van der Waals surface area contributed by atoms with Gasteiger partial charge in [-0.15, -0.1) is 0 Å². The molecule has 0 N–H and O–H groups in total. The number of benzene rings is 2. The largest absolute Gasteiger partial charge is 0.487 e. The lowest BCUT2D eigenvalue weighted by Crippen LogP contribution is -2.42. The molecule has 2 aromatic carbocycles. The quantitative estimate of drug-likeness (QED) is 0.738. The molecule has 132 valence electrons. The van der Waals surface area contributed by atoms with Crippen LogP contribution >= 0.6 is 15.9 Å². The van der Waals surface area contributed by atoms with E-state index >= 15 is 0 Å². The summed E-state index contributed by atoms with van der Waals surface area (Å²) < 4.78 is 46.0. The normalized spacial score (nSPS) is 15.3. The molecule has 1 aliphatic heterocycles. The Labute approximate surface area is 151 Å².